The van der Waals surface area contributed by atoms with E-state index in [9.17, 15) is 0 Å². The number of ether oxygens (including phenoxy) is 2. The predicted octanol–water partition coefficient (Wildman–Crippen LogP) is 4.78. The maximum Gasteiger partial charge on any atom is 0.203 e. The van der Waals surface area contributed by atoms with Crippen LogP contribution in [-0.2, 0) is 15.3 Å². The fourth-order valence-electron chi connectivity index (χ4n) is 2.84. The van der Waals surface area contributed by atoms with Crippen LogP contribution in [-0.4, -0.2) is 18.2 Å². The van der Waals surface area contributed by atoms with E-state index in [0.717, 1.165) is 17.5 Å². The summed E-state index contributed by atoms with van der Waals surface area (Å²) in [7, 11) is 0. The van der Waals surface area contributed by atoms with E-state index in [2.05, 4.69) is 4.98 Å². The number of aromatic nitrogens is 1. The van der Waals surface area contributed by atoms with Crippen molar-refractivity contribution in [1.29, 1.82) is 0 Å². The van der Waals surface area contributed by atoms with Gasteiger partial charge in [-0.05, 0) is 30.2 Å². The molecule has 0 spiro atoms. The Hall–Kier alpha value is -1.13. The van der Waals surface area contributed by atoms with Crippen molar-refractivity contribution in [1.82, 2.24) is 4.98 Å². The first-order valence-corrected chi connectivity index (χ1v) is 8.02. The van der Waals surface area contributed by atoms with Crippen LogP contribution in [0.5, 0.6) is 0 Å². The van der Waals surface area contributed by atoms with Crippen molar-refractivity contribution in [3.05, 3.63) is 63.9 Å². The SMILES string of the molecule is CC(c1ccc(Cl)cc1Cl)C1(c2cccnc2)OCCCO1. The first kappa shape index (κ1) is 15.8. The van der Waals surface area contributed by atoms with Crippen LogP contribution < -0.4 is 0 Å². The number of halogens is 2. The molecule has 5 heteroatoms. The Labute approximate surface area is 140 Å². The van der Waals surface area contributed by atoms with Crippen LogP contribution in [0, 0.1) is 0 Å². The maximum atomic E-state index is 6.38. The number of rotatable bonds is 3. The lowest BCUT2D eigenvalue weighted by Crippen LogP contribution is -2.42. The Balaban J connectivity index is 2.06. The van der Waals surface area contributed by atoms with Gasteiger partial charge in [0.15, 0.2) is 0 Å². The summed E-state index contributed by atoms with van der Waals surface area (Å²) in [6.45, 7) is 3.34. The minimum Gasteiger partial charge on any atom is -0.345 e. The molecule has 3 rings (SSSR count). The molecule has 0 amide bonds. The second-order valence-corrected chi connectivity index (χ2v) is 6.19. The molecule has 1 aromatic heterocycles. The van der Waals surface area contributed by atoms with Gasteiger partial charge in [0.1, 0.15) is 0 Å². The normalized spacial score (nSPS) is 18.9. The highest BCUT2D eigenvalue weighted by Crippen LogP contribution is 2.45. The minimum absolute atomic E-state index is 0.0956. The van der Waals surface area contributed by atoms with Crippen LogP contribution in [0.3, 0.4) is 0 Å². The summed E-state index contributed by atoms with van der Waals surface area (Å²) >= 11 is 12.4. The third kappa shape index (κ3) is 2.86. The molecule has 22 heavy (non-hydrogen) atoms. The molecule has 2 aromatic rings. The molecule has 1 aliphatic rings. The molecular weight excluding hydrogens is 321 g/mol. The quantitative estimate of drug-likeness (QED) is 0.807. The van der Waals surface area contributed by atoms with Crippen LogP contribution in [0.2, 0.25) is 10.0 Å². The average molecular weight is 338 g/mol. The van der Waals surface area contributed by atoms with Gasteiger partial charge in [0, 0.05) is 33.9 Å². The van der Waals surface area contributed by atoms with E-state index >= 15 is 0 Å². The molecule has 1 fully saturated rings. The van der Waals surface area contributed by atoms with Crippen molar-refractivity contribution in [2.24, 2.45) is 0 Å². The second kappa shape index (κ2) is 6.55. The van der Waals surface area contributed by atoms with Crippen molar-refractivity contribution in [2.45, 2.75) is 25.0 Å². The molecule has 0 saturated carbocycles. The summed E-state index contributed by atoms with van der Waals surface area (Å²) in [5.41, 5.74) is 1.84. The van der Waals surface area contributed by atoms with Crippen molar-refractivity contribution >= 4 is 23.2 Å². The third-order valence-corrected chi connectivity index (χ3v) is 4.55. The summed E-state index contributed by atoms with van der Waals surface area (Å²) in [6, 6.07) is 9.36. The lowest BCUT2D eigenvalue weighted by atomic mass is 9.87. The fourth-order valence-corrected chi connectivity index (χ4v) is 3.41. The molecule has 1 aromatic carbocycles. The molecule has 0 bridgehead atoms. The Morgan fingerprint density at radius 3 is 2.59 bits per heavy atom. The summed E-state index contributed by atoms with van der Waals surface area (Å²) in [6.07, 6.45) is 4.40. The molecule has 0 aliphatic carbocycles. The number of benzene rings is 1. The standard InChI is InChI=1S/C17H17Cl2NO2/c1-12(15-6-5-14(18)10-16(15)19)17(21-8-3-9-22-17)13-4-2-7-20-11-13/h2,4-7,10-12H,3,8-9H2,1H3. The van der Waals surface area contributed by atoms with Crippen LogP contribution in [0.1, 0.15) is 30.4 Å². The monoisotopic (exact) mass is 337 g/mol. The first-order chi connectivity index (χ1) is 10.6. The molecule has 1 saturated heterocycles. The van der Waals surface area contributed by atoms with Gasteiger partial charge in [-0.15, -0.1) is 0 Å². The zero-order valence-corrected chi connectivity index (χ0v) is 13.8. The molecule has 3 nitrogen and oxygen atoms in total. The number of nitrogens with zero attached hydrogens (tertiary/aromatic N) is 1. The zero-order chi connectivity index (χ0) is 15.6. The smallest absolute Gasteiger partial charge is 0.203 e. The van der Waals surface area contributed by atoms with Gasteiger partial charge < -0.3 is 9.47 Å². The molecular formula is C17H17Cl2NO2. The Morgan fingerprint density at radius 2 is 1.95 bits per heavy atom. The van der Waals surface area contributed by atoms with Gasteiger partial charge in [-0.3, -0.25) is 4.98 Å². The van der Waals surface area contributed by atoms with Crippen molar-refractivity contribution in [3.8, 4) is 0 Å². The van der Waals surface area contributed by atoms with Crippen LogP contribution in [0.15, 0.2) is 42.7 Å². The summed E-state index contributed by atoms with van der Waals surface area (Å²) in [4.78, 5) is 4.20. The van der Waals surface area contributed by atoms with Crippen molar-refractivity contribution in [3.63, 3.8) is 0 Å². The van der Waals surface area contributed by atoms with E-state index in [0.29, 0.717) is 23.3 Å². The fraction of sp³-hybridized carbons (Fsp3) is 0.353. The number of hydrogen-bond donors (Lipinski definition) is 0. The molecule has 1 atom stereocenters. The average Bonchev–Trinajstić information content (AvgIpc) is 2.56. The van der Waals surface area contributed by atoms with Gasteiger partial charge in [0.05, 0.1) is 13.2 Å². The highest BCUT2D eigenvalue weighted by molar-refractivity contribution is 6.35. The molecule has 1 unspecified atom stereocenters. The van der Waals surface area contributed by atoms with E-state index in [1.54, 1.807) is 18.5 Å². The topological polar surface area (TPSA) is 31.4 Å². The lowest BCUT2D eigenvalue weighted by molar-refractivity contribution is -0.287. The van der Waals surface area contributed by atoms with Gasteiger partial charge in [0.25, 0.3) is 0 Å². The van der Waals surface area contributed by atoms with Gasteiger partial charge in [-0.2, -0.15) is 0 Å². The van der Waals surface area contributed by atoms with Gasteiger partial charge in [0.2, 0.25) is 5.79 Å². The van der Waals surface area contributed by atoms with E-state index in [-0.39, 0.29) is 5.92 Å². The van der Waals surface area contributed by atoms with Gasteiger partial charge in [-0.1, -0.05) is 42.3 Å². The lowest BCUT2D eigenvalue weighted by Gasteiger charge is -2.42. The van der Waals surface area contributed by atoms with E-state index in [4.69, 9.17) is 32.7 Å². The Kier molecular flexibility index (Phi) is 4.69. The Bertz CT molecular complexity index is 642. The number of pyridine rings is 1. The summed E-state index contributed by atoms with van der Waals surface area (Å²) < 4.78 is 12.2. The Morgan fingerprint density at radius 1 is 1.18 bits per heavy atom. The maximum absolute atomic E-state index is 6.38. The molecule has 116 valence electrons. The summed E-state index contributed by atoms with van der Waals surface area (Å²) in [5.74, 6) is -0.967. The zero-order valence-electron chi connectivity index (χ0n) is 12.3. The third-order valence-electron chi connectivity index (χ3n) is 3.98. The first-order valence-electron chi connectivity index (χ1n) is 7.27. The van der Waals surface area contributed by atoms with Crippen molar-refractivity contribution < 1.29 is 9.47 Å². The summed E-state index contributed by atoms with van der Waals surface area (Å²) in [5, 5.41) is 1.22. The van der Waals surface area contributed by atoms with Gasteiger partial charge in [-0.25, -0.2) is 0 Å². The molecule has 0 radical (unpaired) electrons. The van der Waals surface area contributed by atoms with Crippen LogP contribution in [0.25, 0.3) is 0 Å². The highest BCUT2D eigenvalue weighted by atomic mass is 35.5. The van der Waals surface area contributed by atoms with E-state index in [1.165, 1.54) is 0 Å². The number of hydrogen-bond acceptors (Lipinski definition) is 3. The van der Waals surface area contributed by atoms with Crippen molar-refractivity contribution in [2.75, 3.05) is 13.2 Å². The molecule has 2 heterocycles. The molecule has 1 aliphatic heterocycles. The van der Waals surface area contributed by atoms with Crippen LogP contribution >= 0.6 is 23.2 Å². The minimum atomic E-state index is -0.871. The van der Waals surface area contributed by atoms with E-state index in [1.807, 2.05) is 31.2 Å². The van der Waals surface area contributed by atoms with Crippen LogP contribution in [0.4, 0.5) is 0 Å². The van der Waals surface area contributed by atoms with Gasteiger partial charge >= 0.3 is 0 Å². The highest BCUT2D eigenvalue weighted by Gasteiger charge is 2.44. The second-order valence-electron chi connectivity index (χ2n) is 5.35. The van der Waals surface area contributed by atoms with E-state index < -0.39 is 5.79 Å². The molecule has 0 N–H and O–H groups in total. The largest absolute Gasteiger partial charge is 0.345 e. The predicted molar refractivity (Wildman–Crippen MR) is 87.3 cm³/mol.